The van der Waals surface area contributed by atoms with E-state index in [9.17, 15) is 9.59 Å². The Labute approximate surface area is 194 Å². The molecule has 0 spiro atoms. The number of hydrogen-bond donors (Lipinski definition) is 0. The van der Waals surface area contributed by atoms with Gasteiger partial charge in [0.05, 0.1) is 12.7 Å². The molecule has 7 heteroatoms. The number of esters is 1. The van der Waals surface area contributed by atoms with E-state index >= 15 is 0 Å². The molecule has 0 radical (unpaired) electrons. The van der Waals surface area contributed by atoms with E-state index in [4.69, 9.17) is 19.0 Å². The van der Waals surface area contributed by atoms with E-state index in [2.05, 4.69) is 0 Å². The second-order valence-corrected chi connectivity index (χ2v) is 8.63. The Balaban J connectivity index is 2.19. The van der Waals surface area contributed by atoms with Gasteiger partial charge in [-0.05, 0) is 70.4 Å². The van der Waals surface area contributed by atoms with E-state index in [1.807, 2.05) is 32.9 Å². The number of hydroxylamine groups is 2. The first-order valence-corrected chi connectivity index (χ1v) is 10.7. The van der Waals surface area contributed by atoms with Gasteiger partial charge in [0.2, 0.25) is 0 Å². The van der Waals surface area contributed by atoms with Crippen LogP contribution < -0.4 is 4.74 Å². The third-order valence-corrected chi connectivity index (χ3v) is 5.72. The van der Waals surface area contributed by atoms with Crippen LogP contribution in [0.5, 0.6) is 5.75 Å². The highest BCUT2D eigenvalue weighted by molar-refractivity contribution is 6.23. The largest absolute Gasteiger partial charge is 0.496 e. The van der Waals surface area contributed by atoms with Gasteiger partial charge in [-0.25, -0.2) is 14.7 Å². The standard InChI is InChI=1S/C26H31NO6/c1-15-13-16(2)21(17(3)14-15)22-23(26(5,6)27(24(22)28)33-18(4)30-7)32-25(29)19-11-9-10-12-20(19)31-8/h9-14,18H,1-8H3. The van der Waals surface area contributed by atoms with Crippen LogP contribution in [-0.4, -0.2) is 43.0 Å². The van der Waals surface area contributed by atoms with Crippen molar-refractivity contribution in [2.75, 3.05) is 14.2 Å². The number of rotatable bonds is 7. The highest BCUT2D eigenvalue weighted by Crippen LogP contribution is 2.43. The predicted octanol–water partition coefficient (Wildman–Crippen LogP) is 4.73. The highest BCUT2D eigenvalue weighted by Gasteiger charge is 2.51. The SMILES string of the molecule is COc1ccccc1C(=O)OC1=C(c2c(C)cc(C)cc2C)C(=O)N(OC(C)OC)C1(C)C. The topological polar surface area (TPSA) is 74.3 Å². The molecule has 1 amide bonds. The van der Waals surface area contributed by atoms with Gasteiger partial charge in [0, 0.05) is 7.11 Å². The summed E-state index contributed by atoms with van der Waals surface area (Å²) in [4.78, 5) is 32.7. The normalized spacial score (nSPS) is 16.2. The van der Waals surface area contributed by atoms with Crippen molar-refractivity contribution in [2.24, 2.45) is 0 Å². The third kappa shape index (κ3) is 4.51. The molecule has 1 unspecified atom stereocenters. The van der Waals surface area contributed by atoms with Crippen LogP contribution in [0.25, 0.3) is 5.57 Å². The molecule has 0 bridgehead atoms. The Morgan fingerprint density at radius 1 is 1.03 bits per heavy atom. The van der Waals surface area contributed by atoms with Crippen LogP contribution in [0.3, 0.4) is 0 Å². The number of aryl methyl sites for hydroxylation is 3. The minimum absolute atomic E-state index is 0.210. The van der Waals surface area contributed by atoms with Crippen molar-refractivity contribution in [3.8, 4) is 5.75 Å². The van der Waals surface area contributed by atoms with E-state index in [1.54, 1.807) is 45.0 Å². The summed E-state index contributed by atoms with van der Waals surface area (Å²) in [5.41, 5.74) is 3.07. The number of ether oxygens (including phenoxy) is 3. The van der Waals surface area contributed by atoms with Crippen LogP contribution in [0.4, 0.5) is 0 Å². The quantitative estimate of drug-likeness (QED) is 0.446. The second-order valence-electron chi connectivity index (χ2n) is 8.63. The van der Waals surface area contributed by atoms with E-state index in [-0.39, 0.29) is 11.3 Å². The molecule has 1 aliphatic heterocycles. The molecule has 7 nitrogen and oxygen atoms in total. The Morgan fingerprint density at radius 3 is 2.21 bits per heavy atom. The van der Waals surface area contributed by atoms with Gasteiger partial charge in [-0.1, -0.05) is 29.8 Å². The zero-order chi connectivity index (χ0) is 24.5. The fourth-order valence-corrected chi connectivity index (χ4v) is 4.15. The monoisotopic (exact) mass is 453 g/mol. The van der Waals surface area contributed by atoms with E-state index in [0.29, 0.717) is 11.3 Å². The van der Waals surface area contributed by atoms with Crippen molar-refractivity contribution in [3.05, 3.63) is 70.0 Å². The summed E-state index contributed by atoms with van der Waals surface area (Å²) < 4.78 is 16.5. The summed E-state index contributed by atoms with van der Waals surface area (Å²) in [6.45, 7) is 11.1. The fraction of sp³-hybridized carbons (Fsp3) is 0.385. The van der Waals surface area contributed by atoms with Gasteiger partial charge in [-0.2, -0.15) is 0 Å². The number of benzene rings is 2. The predicted molar refractivity (Wildman–Crippen MR) is 124 cm³/mol. The average Bonchev–Trinajstić information content (AvgIpc) is 2.93. The fourth-order valence-electron chi connectivity index (χ4n) is 4.15. The molecule has 176 valence electrons. The summed E-state index contributed by atoms with van der Waals surface area (Å²) in [6, 6.07) is 10.8. The molecule has 2 aromatic carbocycles. The lowest BCUT2D eigenvalue weighted by atomic mass is 9.91. The van der Waals surface area contributed by atoms with E-state index in [0.717, 1.165) is 22.3 Å². The number of nitrogens with zero attached hydrogens (tertiary/aromatic N) is 1. The molecule has 0 saturated carbocycles. The summed E-state index contributed by atoms with van der Waals surface area (Å²) in [6.07, 6.45) is -0.682. The van der Waals surface area contributed by atoms with Crippen molar-refractivity contribution in [1.82, 2.24) is 5.06 Å². The van der Waals surface area contributed by atoms with Gasteiger partial charge < -0.3 is 14.2 Å². The molecular weight excluding hydrogens is 422 g/mol. The number of methoxy groups -OCH3 is 2. The molecule has 1 heterocycles. The third-order valence-electron chi connectivity index (χ3n) is 5.72. The summed E-state index contributed by atoms with van der Waals surface area (Å²) in [5.74, 6) is -0.427. The molecule has 1 atom stereocenters. The molecule has 1 aliphatic rings. The first-order valence-electron chi connectivity index (χ1n) is 10.7. The van der Waals surface area contributed by atoms with Gasteiger partial charge in [-0.3, -0.25) is 4.79 Å². The highest BCUT2D eigenvalue weighted by atomic mass is 16.8. The lowest BCUT2D eigenvalue weighted by Gasteiger charge is -2.33. The maximum atomic E-state index is 13.7. The van der Waals surface area contributed by atoms with Crippen molar-refractivity contribution in [2.45, 2.75) is 53.4 Å². The smallest absolute Gasteiger partial charge is 0.347 e. The van der Waals surface area contributed by atoms with Crippen molar-refractivity contribution < 1.29 is 28.6 Å². The lowest BCUT2D eigenvalue weighted by Crippen LogP contribution is -2.46. The van der Waals surface area contributed by atoms with Crippen molar-refractivity contribution in [1.29, 1.82) is 0 Å². The maximum Gasteiger partial charge on any atom is 0.347 e. The molecule has 2 aromatic rings. The Morgan fingerprint density at radius 2 is 1.64 bits per heavy atom. The van der Waals surface area contributed by atoms with Gasteiger partial charge in [-0.15, -0.1) is 0 Å². The molecule has 0 saturated heterocycles. The molecule has 33 heavy (non-hydrogen) atoms. The van der Waals surface area contributed by atoms with Crippen molar-refractivity contribution >= 4 is 17.4 Å². The first-order chi connectivity index (χ1) is 15.5. The summed E-state index contributed by atoms with van der Waals surface area (Å²) in [5, 5.41) is 1.22. The number of para-hydroxylation sites is 1. The van der Waals surface area contributed by atoms with Crippen LogP contribution in [0.15, 0.2) is 42.2 Å². The molecule has 0 fully saturated rings. The Kier molecular flexibility index (Phi) is 6.95. The van der Waals surface area contributed by atoms with Crippen LogP contribution in [0.2, 0.25) is 0 Å². The molecule has 3 rings (SSSR count). The van der Waals surface area contributed by atoms with Crippen LogP contribution in [0.1, 0.15) is 53.4 Å². The number of amides is 1. The van der Waals surface area contributed by atoms with Crippen LogP contribution in [0, 0.1) is 20.8 Å². The van der Waals surface area contributed by atoms with Gasteiger partial charge in [0.15, 0.2) is 6.29 Å². The maximum absolute atomic E-state index is 13.7. The minimum Gasteiger partial charge on any atom is -0.496 e. The van der Waals surface area contributed by atoms with Crippen LogP contribution >= 0.6 is 0 Å². The summed E-state index contributed by atoms with van der Waals surface area (Å²) in [7, 11) is 2.98. The summed E-state index contributed by atoms with van der Waals surface area (Å²) >= 11 is 0. The Hall–Kier alpha value is -3.16. The van der Waals surface area contributed by atoms with Gasteiger partial charge in [0.25, 0.3) is 5.91 Å². The zero-order valence-electron chi connectivity index (χ0n) is 20.4. The van der Waals surface area contributed by atoms with Gasteiger partial charge in [0.1, 0.15) is 22.6 Å². The zero-order valence-corrected chi connectivity index (χ0v) is 20.4. The lowest BCUT2D eigenvalue weighted by molar-refractivity contribution is -0.276. The van der Waals surface area contributed by atoms with Gasteiger partial charge >= 0.3 is 5.97 Å². The van der Waals surface area contributed by atoms with E-state index < -0.39 is 23.7 Å². The second kappa shape index (κ2) is 9.37. The number of carbonyl (C=O) groups excluding carboxylic acids is 2. The molecule has 0 aromatic heterocycles. The van der Waals surface area contributed by atoms with E-state index in [1.165, 1.54) is 19.3 Å². The first kappa shape index (κ1) is 24.5. The molecule has 0 N–H and O–H groups in total. The minimum atomic E-state index is -1.08. The van der Waals surface area contributed by atoms with Crippen LogP contribution in [-0.2, 0) is 19.1 Å². The average molecular weight is 454 g/mol. The van der Waals surface area contributed by atoms with Crippen molar-refractivity contribution in [3.63, 3.8) is 0 Å². The number of carbonyl (C=O) groups is 2. The number of hydrogen-bond acceptors (Lipinski definition) is 6. The molecular formula is C26H31NO6. The molecule has 0 aliphatic carbocycles. The Bertz CT molecular complexity index is 1090.